The van der Waals surface area contributed by atoms with Crippen LogP contribution < -0.4 is 0 Å². The van der Waals surface area contributed by atoms with Crippen LogP contribution in [0.5, 0.6) is 0 Å². The van der Waals surface area contributed by atoms with Gasteiger partial charge in [-0.1, -0.05) is 0 Å². The molecule has 1 rings (SSSR count). The van der Waals surface area contributed by atoms with Gasteiger partial charge in [-0.2, -0.15) is 42.1 Å². The molecule has 8 heteroatoms. The van der Waals surface area contributed by atoms with Crippen LogP contribution in [-0.4, -0.2) is 0 Å². The molecule has 0 amide bonds. The fourth-order valence-electron chi connectivity index (χ4n) is 1.95. The highest BCUT2D eigenvalue weighted by atomic mass is 14.4. The molecule has 0 aromatic heterocycles. The third kappa shape index (κ3) is 3.18. The zero-order chi connectivity index (χ0) is 19.7. The SMILES string of the molecule is N#Cc1cc(C#N)c(C#N)c(C#N)c(C#N)c(C#N)c(C#N)c(C#N)c1. The van der Waals surface area contributed by atoms with Gasteiger partial charge in [0.1, 0.15) is 42.5 Å². The van der Waals surface area contributed by atoms with E-state index in [-0.39, 0.29) is 5.56 Å². The summed E-state index contributed by atoms with van der Waals surface area (Å²) in [7, 11) is 0. The topological polar surface area (TPSA) is 190 Å². The van der Waals surface area contributed by atoms with E-state index in [9.17, 15) is 42.1 Å². The lowest BCUT2D eigenvalue weighted by molar-refractivity contribution is 1.34. The lowest BCUT2D eigenvalue weighted by Gasteiger charge is -2.01. The van der Waals surface area contributed by atoms with Gasteiger partial charge in [-0.25, -0.2) is 0 Å². The summed E-state index contributed by atoms with van der Waals surface area (Å²) in [5, 5.41) is 74.5. The molecule has 0 spiro atoms. The Hall–Kier alpha value is -5.38. The van der Waals surface area contributed by atoms with Crippen molar-refractivity contribution in [1.82, 2.24) is 0 Å². The Morgan fingerprint density at radius 2 is 0.692 bits per heavy atom. The second-order valence-electron chi connectivity index (χ2n) is 4.34. The molecule has 0 radical (unpaired) electrons. The van der Waals surface area contributed by atoms with Gasteiger partial charge in [-0.05, 0) is 12.1 Å². The van der Waals surface area contributed by atoms with E-state index in [1.54, 1.807) is 48.6 Å². The second-order valence-corrected chi connectivity index (χ2v) is 4.34. The molecule has 0 saturated heterocycles. The van der Waals surface area contributed by atoms with Crippen LogP contribution in [0, 0.1) is 90.6 Å². The van der Waals surface area contributed by atoms with Gasteiger partial charge in [0.25, 0.3) is 0 Å². The summed E-state index contributed by atoms with van der Waals surface area (Å²) in [5.74, 6) is 0. The molecule has 0 N–H and O–H groups in total. The summed E-state index contributed by atoms with van der Waals surface area (Å²) in [5.41, 5.74) is -3.96. The predicted molar refractivity (Wildman–Crippen MR) is 81.8 cm³/mol. The molecule has 0 saturated carbocycles. The van der Waals surface area contributed by atoms with E-state index in [4.69, 9.17) is 0 Å². The summed E-state index contributed by atoms with van der Waals surface area (Å²) >= 11 is 0. The lowest BCUT2D eigenvalue weighted by Crippen LogP contribution is -1.98. The number of nitrogens with zero attached hydrogens (tertiary/aromatic N) is 8. The second kappa shape index (κ2) is 8.30. The molecule has 8 nitrogen and oxygen atoms in total. The Morgan fingerprint density at radius 1 is 0.385 bits per heavy atom. The van der Waals surface area contributed by atoms with E-state index < -0.39 is 38.9 Å². The minimum atomic E-state index is -0.620. The number of rotatable bonds is 0. The third-order valence-corrected chi connectivity index (χ3v) is 3.07. The van der Waals surface area contributed by atoms with E-state index in [1.165, 1.54) is 0 Å². The Bertz CT molecular complexity index is 1130. The first-order valence-corrected chi connectivity index (χ1v) is 6.44. The smallest absolute Gasteiger partial charge is 0.102 e. The summed E-state index contributed by atoms with van der Waals surface area (Å²) in [6.07, 6.45) is 0. The van der Waals surface area contributed by atoms with E-state index in [2.05, 4.69) is 0 Å². The number of nitriles is 8. The van der Waals surface area contributed by atoms with Crippen molar-refractivity contribution >= 4 is 0 Å². The minimum absolute atomic E-state index is 0.256. The maximum atomic E-state index is 9.38. The average Bonchev–Trinajstić information content (AvgIpc) is 2.68. The quantitative estimate of drug-likeness (QED) is 0.686. The van der Waals surface area contributed by atoms with Crippen molar-refractivity contribution < 1.29 is 0 Å². The molecule has 0 atom stereocenters. The van der Waals surface area contributed by atoms with Crippen molar-refractivity contribution in [1.29, 1.82) is 42.1 Å². The molecule has 0 heterocycles. The van der Waals surface area contributed by atoms with Crippen LogP contribution in [0.3, 0.4) is 0 Å². The van der Waals surface area contributed by atoms with Crippen molar-refractivity contribution in [2.45, 2.75) is 0 Å². The molecule has 0 unspecified atom stereocenters. The van der Waals surface area contributed by atoms with Gasteiger partial charge in [0.15, 0.2) is 0 Å². The van der Waals surface area contributed by atoms with Crippen LogP contribution in [0.1, 0.15) is 44.5 Å². The fourth-order valence-corrected chi connectivity index (χ4v) is 1.95. The van der Waals surface area contributed by atoms with Crippen LogP contribution >= 0.6 is 0 Å². The number of hydrogen-bond acceptors (Lipinski definition) is 8. The first-order valence-electron chi connectivity index (χ1n) is 6.44. The van der Waals surface area contributed by atoms with Gasteiger partial charge >= 0.3 is 0 Å². The molecule has 0 aliphatic carbocycles. The monoisotopic (exact) mass is 330 g/mol. The van der Waals surface area contributed by atoms with Crippen molar-refractivity contribution in [3.63, 3.8) is 0 Å². The van der Waals surface area contributed by atoms with Crippen molar-refractivity contribution in [3.05, 3.63) is 56.6 Å². The van der Waals surface area contributed by atoms with Gasteiger partial charge in [0.05, 0.1) is 50.6 Å². The van der Waals surface area contributed by atoms with Gasteiger partial charge in [0, 0.05) is 0 Å². The van der Waals surface area contributed by atoms with Gasteiger partial charge < -0.3 is 0 Å². The van der Waals surface area contributed by atoms with E-state index in [0.29, 0.717) is 0 Å². The average molecular weight is 330 g/mol. The fraction of sp³-hybridized carbons (Fsp3) is 0. The molecule has 1 aromatic rings. The maximum Gasteiger partial charge on any atom is 0.102 e. The molecule has 114 valence electrons. The molecule has 0 bridgehead atoms. The van der Waals surface area contributed by atoms with E-state index in [0.717, 1.165) is 12.1 Å². The first kappa shape index (κ1) is 18.7. The highest BCUT2D eigenvalue weighted by Crippen LogP contribution is 2.21. The van der Waals surface area contributed by atoms with Crippen molar-refractivity contribution in [3.8, 4) is 48.6 Å². The van der Waals surface area contributed by atoms with Crippen LogP contribution in [0.25, 0.3) is 0 Å². The molecule has 1 aromatic carbocycles. The summed E-state index contributed by atoms with van der Waals surface area (Å²) in [6, 6.07) is 14.8. The molecular weight excluding hydrogens is 328 g/mol. The van der Waals surface area contributed by atoms with Crippen molar-refractivity contribution in [2.24, 2.45) is 0 Å². The minimum Gasteiger partial charge on any atom is -0.192 e. The van der Waals surface area contributed by atoms with E-state index >= 15 is 0 Å². The summed E-state index contributed by atoms with van der Waals surface area (Å²) < 4.78 is 0. The zero-order valence-corrected chi connectivity index (χ0v) is 12.7. The summed E-state index contributed by atoms with van der Waals surface area (Å²) in [6.45, 7) is 0. The molecule has 0 aliphatic rings. The van der Waals surface area contributed by atoms with Crippen LogP contribution in [0.4, 0.5) is 0 Å². The molecule has 26 heavy (non-hydrogen) atoms. The molecular formula is C18H2N8. The van der Waals surface area contributed by atoms with Crippen LogP contribution in [0.15, 0.2) is 12.1 Å². The largest absolute Gasteiger partial charge is 0.192 e. The Morgan fingerprint density at radius 3 is 0.923 bits per heavy atom. The van der Waals surface area contributed by atoms with Gasteiger partial charge in [-0.15, -0.1) is 0 Å². The maximum absolute atomic E-state index is 9.38. The van der Waals surface area contributed by atoms with Crippen LogP contribution in [0.2, 0.25) is 0 Å². The Labute approximate surface area is 148 Å². The van der Waals surface area contributed by atoms with E-state index in [1.807, 2.05) is 0 Å². The van der Waals surface area contributed by atoms with Crippen LogP contribution in [-0.2, 0) is 0 Å². The lowest BCUT2D eigenvalue weighted by atomic mass is 9.94. The predicted octanol–water partition coefficient (Wildman–Crippen LogP) is 1.78. The summed E-state index contributed by atoms with van der Waals surface area (Å²) in [4.78, 5) is 0. The first-order chi connectivity index (χ1) is 12.6. The van der Waals surface area contributed by atoms with Gasteiger partial charge in [-0.3, -0.25) is 0 Å². The standard InChI is InChI=1S/C18H2N8/c19-3-11-1-12(4-20)14(6-22)16(8-24)18(10-26)17(9-25)15(7-23)13(2-11)5-21/h1-2H. The molecule has 0 fully saturated rings. The third-order valence-electron chi connectivity index (χ3n) is 3.07. The van der Waals surface area contributed by atoms with Crippen molar-refractivity contribution in [2.75, 3.05) is 0 Å². The Balaban J connectivity index is 4.76. The Kier molecular flexibility index (Phi) is 5.96. The highest BCUT2D eigenvalue weighted by molar-refractivity contribution is 5.67. The van der Waals surface area contributed by atoms with Gasteiger partial charge in [0.2, 0.25) is 0 Å². The number of hydrogen-bond donors (Lipinski definition) is 0. The highest BCUT2D eigenvalue weighted by Gasteiger charge is 2.18. The normalized spacial score (nSPS) is 7.69. The molecule has 0 aliphatic heterocycles. The zero-order valence-electron chi connectivity index (χ0n) is 12.7.